The number of benzene rings is 1. The third-order valence-electron chi connectivity index (χ3n) is 3.00. The molecule has 0 radical (unpaired) electrons. The number of anilines is 1. The van der Waals surface area contributed by atoms with Crippen molar-refractivity contribution in [3.05, 3.63) is 29.8 Å². The summed E-state index contributed by atoms with van der Waals surface area (Å²) in [5, 5.41) is 0. The topological polar surface area (TPSA) is 29.5 Å². The molecule has 0 fully saturated rings. The summed E-state index contributed by atoms with van der Waals surface area (Å²) in [4.78, 5) is 13.8. The molecule has 0 unspecified atom stereocenters. The van der Waals surface area contributed by atoms with Crippen LogP contribution in [0.4, 0.5) is 5.69 Å². The van der Waals surface area contributed by atoms with Gasteiger partial charge in [-0.1, -0.05) is 6.92 Å². The predicted octanol–water partition coefficient (Wildman–Crippen LogP) is 3.14. The summed E-state index contributed by atoms with van der Waals surface area (Å²) in [6, 6.07) is 8.25. The SMILES string of the molecule is CCC(=O)c1ccc(N(CCOC)C(C)C)cc1. The van der Waals surface area contributed by atoms with Crippen LogP contribution in [0, 0.1) is 0 Å². The van der Waals surface area contributed by atoms with Crippen LogP contribution < -0.4 is 4.90 Å². The van der Waals surface area contributed by atoms with Crippen molar-refractivity contribution in [1.82, 2.24) is 0 Å². The molecule has 100 valence electrons. The average molecular weight is 249 g/mol. The van der Waals surface area contributed by atoms with Gasteiger partial charge in [0.15, 0.2) is 5.78 Å². The highest BCUT2D eigenvalue weighted by molar-refractivity contribution is 5.96. The fourth-order valence-electron chi connectivity index (χ4n) is 1.92. The van der Waals surface area contributed by atoms with E-state index in [9.17, 15) is 4.79 Å². The van der Waals surface area contributed by atoms with Gasteiger partial charge in [0.25, 0.3) is 0 Å². The first-order chi connectivity index (χ1) is 8.60. The third-order valence-corrected chi connectivity index (χ3v) is 3.00. The van der Waals surface area contributed by atoms with Crippen molar-refractivity contribution in [2.75, 3.05) is 25.2 Å². The maximum absolute atomic E-state index is 11.6. The zero-order valence-corrected chi connectivity index (χ0v) is 11.8. The summed E-state index contributed by atoms with van der Waals surface area (Å²) in [5.74, 6) is 0.189. The number of nitrogens with zero attached hydrogens (tertiary/aromatic N) is 1. The Morgan fingerprint density at radius 1 is 1.28 bits per heavy atom. The van der Waals surface area contributed by atoms with E-state index in [1.165, 1.54) is 0 Å². The number of carbonyl (C=O) groups excluding carboxylic acids is 1. The molecular formula is C15H23NO2. The number of rotatable bonds is 7. The third kappa shape index (κ3) is 3.84. The fraction of sp³-hybridized carbons (Fsp3) is 0.533. The van der Waals surface area contributed by atoms with Crippen LogP contribution in [0.2, 0.25) is 0 Å². The van der Waals surface area contributed by atoms with E-state index in [1.807, 2.05) is 31.2 Å². The first-order valence-electron chi connectivity index (χ1n) is 6.49. The molecule has 0 aromatic heterocycles. The first-order valence-corrected chi connectivity index (χ1v) is 6.49. The molecule has 18 heavy (non-hydrogen) atoms. The van der Waals surface area contributed by atoms with Crippen molar-refractivity contribution in [2.45, 2.75) is 33.2 Å². The Hall–Kier alpha value is -1.35. The highest BCUT2D eigenvalue weighted by Crippen LogP contribution is 2.18. The first kappa shape index (κ1) is 14.7. The van der Waals surface area contributed by atoms with E-state index in [1.54, 1.807) is 7.11 Å². The Balaban J connectivity index is 2.83. The summed E-state index contributed by atoms with van der Waals surface area (Å²) in [7, 11) is 1.71. The Morgan fingerprint density at radius 3 is 2.33 bits per heavy atom. The molecule has 1 aromatic rings. The Labute approximate surface area is 110 Å². The van der Waals surface area contributed by atoms with Crippen LogP contribution in [0.25, 0.3) is 0 Å². The van der Waals surface area contributed by atoms with Crippen molar-refractivity contribution < 1.29 is 9.53 Å². The van der Waals surface area contributed by atoms with Gasteiger partial charge in [0.1, 0.15) is 0 Å². The van der Waals surface area contributed by atoms with Gasteiger partial charge in [-0.05, 0) is 38.1 Å². The van der Waals surface area contributed by atoms with E-state index in [-0.39, 0.29) is 5.78 Å². The van der Waals surface area contributed by atoms with Gasteiger partial charge in [-0.25, -0.2) is 0 Å². The van der Waals surface area contributed by atoms with E-state index in [0.29, 0.717) is 19.1 Å². The molecule has 1 aromatic carbocycles. The normalized spacial score (nSPS) is 10.7. The lowest BCUT2D eigenvalue weighted by Crippen LogP contribution is -2.33. The lowest BCUT2D eigenvalue weighted by molar-refractivity contribution is 0.0988. The van der Waals surface area contributed by atoms with Crippen LogP contribution >= 0.6 is 0 Å². The van der Waals surface area contributed by atoms with E-state index in [2.05, 4.69) is 18.7 Å². The summed E-state index contributed by atoms with van der Waals surface area (Å²) in [5.41, 5.74) is 1.92. The van der Waals surface area contributed by atoms with E-state index < -0.39 is 0 Å². The van der Waals surface area contributed by atoms with Crippen molar-refractivity contribution in [3.8, 4) is 0 Å². The summed E-state index contributed by atoms with van der Waals surface area (Å²) < 4.78 is 5.13. The molecule has 0 atom stereocenters. The summed E-state index contributed by atoms with van der Waals surface area (Å²) >= 11 is 0. The van der Waals surface area contributed by atoms with Gasteiger partial charge >= 0.3 is 0 Å². The maximum Gasteiger partial charge on any atom is 0.162 e. The molecule has 0 amide bonds. The largest absolute Gasteiger partial charge is 0.383 e. The standard InChI is InChI=1S/C15H23NO2/c1-5-15(17)13-6-8-14(9-7-13)16(12(2)3)10-11-18-4/h6-9,12H,5,10-11H2,1-4H3. The number of methoxy groups -OCH3 is 1. The monoisotopic (exact) mass is 249 g/mol. The number of ether oxygens (including phenoxy) is 1. The van der Waals surface area contributed by atoms with Crippen LogP contribution in [-0.4, -0.2) is 32.1 Å². The van der Waals surface area contributed by atoms with Crippen LogP contribution in [0.15, 0.2) is 24.3 Å². The molecule has 0 aliphatic carbocycles. The van der Waals surface area contributed by atoms with Crippen LogP contribution in [-0.2, 0) is 4.74 Å². The molecule has 0 heterocycles. The second-order valence-electron chi connectivity index (χ2n) is 4.60. The van der Waals surface area contributed by atoms with E-state index in [0.717, 1.165) is 17.8 Å². The molecular weight excluding hydrogens is 226 g/mol. The molecule has 1 rings (SSSR count). The van der Waals surface area contributed by atoms with Gasteiger partial charge in [-0.3, -0.25) is 4.79 Å². The highest BCUT2D eigenvalue weighted by Gasteiger charge is 2.11. The average Bonchev–Trinajstić information content (AvgIpc) is 2.38. The molecule has 0 saturated carbocycles. The van der Waals surface area contributed by atoms with Crippen LogP contribution in [0.5, 0.6) is 0 Å². The summed E-state index contributed by atoms with van der Waals surface area (Å²) in [6.07, 6.45) is 0.552. The van der Waals surface area contributed by atoms with E-state index in [4.69, 9.17) is 4.74 Å². The van der Waals surface area contributed by atoms with Gasteiger partial charge in [0.05, 0.1) is 6.61 Å². The van der Waals surface area contributed by atoms with Gasteiger partial charge in [0.2, 0.25) is 0 Å². The number of carbonyl (C=O) groups is 1. The Morgan fingerprint density at radius 2 is 1.89 bits per heavy atom. The molecule has 3 heteroatoms. The van der Waals surface area contributed by atoms with Gasteiger partial charge in [-0.15, -0.1) is 0 Å². The zero-order valence-electron chi connectivity index (χ0n) is 11.8. The summed E-state index contributed by atoms with van der Waals surface area (Å²) in [6.45, 7) is 7.75. The lowest BCUT2D eigenvalue weighted by Gasteiger charge is -2.28. The molecule has 0 spiro atoms. The predicted molar refractivity (Wildman–Crippen MR) is 75.4 cm³/mol. The smallest absolute Gasteiger partial charge is 0.162 e. The van der Waals surface area contributed by atoms with Crippen LogP contribution in [0.3, 0.4) is 0 Å². The zero-order chi connectivity index (χ0) is 13.5. The minimum absolute atomic E-state index is 0.189. The molecule has 0 saturated heterocycles. The number of hydrogen-bond donors (Lipinski definition) is 0. The number of hydrogen-bond acceptors (Lipinski definition) is 3. The van der Waals surface area contributed by atoms with Crippen LogP contribution in [0.1, 0.15) is 37.6 Å². The van der Waals surface area contributed by atoms with E-state index >= 15 is 0 Å². The van der Waals surface area contributed by atoms with Crippen molar-refractivity contribution >= 4 is 11.5 Å². The second kappa shape index (κ2) is 7.17. The molecule has 0 N–H and O–H groups in total. The quantitative estimate of drug-likeness (QED) is 0.695. The van der Waals surface area contributed by atoms with Gasteiger partial charge in [-0.2, -0.15) is 0 Å². The maximum atomic E-state index is 11.6. The fourth-order valence-corrected chi connectivity index (χ4v) is 1.92. The Bertz CT molecular complexity index is 371. The second-order valence-corrected chi connectivity index (χ2v) is 4.60. The highest BCUT2D eigenvalue weighted by atomic mass is 16.5. The Kier molecular flexibility index (Phi) is 5.86. The van der Waals surface area contributed by atoms with Crippen molar-refractivity contribution in [3.63, 3.8) is 0 Å². The molecule has 0 aliphatic heterocycles. The van der Waals surface area contributed by atoms with Gasteiger partial charge in [0, 0.05) is 37.4 Å². The van der Waals surface area contributed by atoms with Gasteiger partial charge < -0.3 is 9.64 Å². The molecule has 0 bridgehead atoms. The molecule has 3 nitrogen and oxygen atoms in total. The molecule has 0 aliphatic rings. The number of Topliss-reactive ketones (excluding diaryl/α,β-unsaturated/α-hetero) is 1. The lowest BCUT2D eigenvalue weighted by atomic mass is 10.1. The minimum Gasteiger partial charge on any atom is -0.383 e. The van der Waals surface area contributed by atoms with Crippen molar-refractivity contribution in [1.29, 1.82) is 0 Å². The minimum atomic E-state index is 0.189. The number of ketones is 1. The van der Waals surface area contributed by atoms with Crippen molar-refractivity contribution in [2.24, 2.45) is 0 Å².